The van der Waals surface area contributed by atoms with Gasteiger partial charge in [-0.15, -0.1) is 0 Å². The molecule has 2 N–H and O–H groups in total. The SMILES string of the molecule is CCNCCCNCc1cc(C)cc(Br)c1. The number of rotatable bonds is 7. The van der Waals surface area contributed by atoms with Crippen molar-refractivity contribution in [1.82, 2.24) is 10.6 Å². The summed E-state index contributed by atoms with van der Waals surface area (Å²) in [4.78, 5) is 0. The standard InChI is InChI=1S/C13H21BrN2/c1-3-15-5-4-6-16-10-12-7-11(2)8-13(14)9-12/h7-9,15-16H,3-6,10H2,1-2H3. The lowest BCUT2D eigenvalue weighted by Gasteiger charge is -2.07. The van der Waals surface area contributed by atoms with Crippen LogP contribution in [0.3, 0.4) is 0 Å². The van der Waals surface area contributed by atoms with Crippen LogP contribution in [0.15, 0.2) is 22.7 Å². The normalized spacial score (nSPS) is 10.7. The third-order valence-corrected chi connectivity index (χ3v) is 2.85. The summed E-state index contributed by atoms with van der Waals surface area (Å²) in [7, 11) is 0. The smallest absolute Gasteiger partial charge is 0.0206 e. The lowest BCUT2D eigenvalue weighted by atomic mass is 10.1. The molecule has 0 unspecified atom stereocenters. The Morgan fingerprint density at radius 2 is 1.88 bits per heavy atom. The van der Waals surface area contributed by atoms with Crippen LogP contribution < -0.4 is 10.6 Å². The van der Waals surface area contributed by atoms with E-state index in [1.807, 2.05) is 0 Å². The first kappa shape index (κ1) is 13.7. The van der Waals surface area contributed by atoms with E-state index in [4.69, 9.17) is 0 Å². The van der Waals surface area contributed by atoms with Crippen LogP contribution in [0.25, 0.3) is 0 Å². The fourth-order valence-electron chi connectivity index (χ4n) is 1.66. The maximum Gasteiger partial charge on any atom is 0.0206 e. The van der Waals surface area contributed by atoms with Crippen molar-refractivity contribution >= 4 is 15.9 Å². The molecule has 0 heterocycles. The number of hydrogen-bond donors (Lipinski definition) is 2. The van der Waals surface area contributed by atoms with E-state index >= 15 is 0 Å². The third-order valence-electron chi connectivity index (χ3n) is 2.39. The zero-order valence-corrected chi connectivity index (χ0v) is 11.7. The van der Waals surface area contributed by atoms with E-state index in [9.17, 15) is 0 Å². The van der Waals surface area contributed by atoms with Crippen molar-refractivity contribution in [2.24, 2.45) is 0 Å². The Balaban J connectivity index is 2.21. The minimum absolute atomic E-state index is 0.951. The molecule has 0 amide bonds. The van der Waals surface area contributed by atoms with E-state index in [0.717, 1.165) is 30.7 Å². The molecule has 2 nitrogen and oxygen atoms in total. The van der Waals surface area contributed by atoms with Gasteiger partial charge in [0.25, 0.3) is 0 Å². The minimum atomic E-state index is 0.951. The summed E-state index contributed by atoms with van der Waals surface area (Å²) in [5.74, 6) is 0. The van der Waals surface area contributed by atoms with Crippen LogP contribution in [0.5, 0.6) is 0 Å². The molecule has 0 atom stereocenters. The van der Waals surface area contributed by atoms with Crippen molar-refractivity contribution in [2.75, 3.05) is 19.6 Å². The molecule has 3 heteroatoms. The molecular formula is C13H21BrN2. The molecule has 0 aliphatic heterocycles. The summed E-state index contributed by atoms with van der Waals surface area (Å²) in [5.41, 5.74) is 2.65. The summed E-state index contributed by atoms with van der Waals surface area (Å²) in [6.45, 7) is 8.44. The van der Waals surface area contributed by atoms with E-state index in [1.54, 1.807) is 0 Å². The van der Waals surface area contributed by atoms with Crippen LogP contribution in [0.4, 0.5) is 0 Å². The van der Waals surface area contributed by atoms with Crippen molar-refractivity contribution in [2.45, 2.75) is 26.8 Å². The first-order chi connectivity index (χ1) is 7.72. The van der Waals surface area contributed by atoms with Crippen molar-refractivity contribution in [1.29, 1.82) is 0 Å². The zero-order valence-electron chi connectivity index (χ0n) is 10.1. The predicted octanol–water partition coefficient (Wildman–Crippen LogP) is 2.85. The van der Waals surface area contributed by atoms with Gasteiger partial charge in [-0.1, -0.05) is 28.9 Å². The Morgan fingerprint density at radius 3 is 2.56 bits per heavy atom. The summed E-state index contributed by atoms with van der Waals surface area (Å²) in [6.07, 6.45) is 1.18. The van der Waals surface area contributed by atoms with Crippen LogP contribution in [-0.4, -0.2) is 19.6 Å². The largest absolute Gasteiger partial charge is 0.317 e. The van der Waals surface area contributed by atoms with Gasteiger partial charge < -0.3 is 10.6 Å². The Morgan fingerprint density at radius 1 is 1.12 bits per heavy atom. The second-order valence-electron chi connectivity index (χ2n) is 4.02. The Bertz CT molecular complexity index is 293. The first-order valence-corrected chi connectivity index (χ1v) is 6.69. The molecule has 0 bridgehead atoms. The predicted molar refractivity (Wildman–Crippen MR) is 73.7 cm³/mol. The molecule has 0 fully saturated rings. The number of aryl methyl sites for hydroxylation is 1. The average molecular weight is 285 g/mol. The molecule has 0 aliphatic rings. The van der Waals surface area contributed by atoms with Gasteiger partial charge in [0.05, 0.1) is 0 Å². The molecule has 0 aliphatic carbocycles. The molecule has 1 aromatic rings. The lowest BCUT2D eigenvalue weighted by Crippen LogP contribution is -2.21. The second-order valence-corrected chi connectivity index (χ2v) is 4.94. The fourth-order valence-corrected chi connectivity index (χ4v) is 2.32. The highest BCUT2D eigenvalue weighted by molar-refractivity contribution is 9.10. The van der Waals surface area contributed by atoms with E-state index < -0.39 is 0 Å². The summed E-state index contributed by atoms with van der Waals surface area (Å²) in [6, 6.07) is 6.53. The van der Waals surface area contributed by atoms with E-state index in [1.165, 1.54) is 17.5 Å². The molecule has 0 radical (unpaired) electrons. The fraction of sp³-hybridized carbons (Fsp3) is 0.538. The lowest BCUT2D eigenvalue weighted by molar-refractivity contribution is 0.606. The summed E-state index contributed by atoms with van der Waals surface area (Å²) >= 11 is 3.52. The zero-order chi connectivity index (χ0) is 11.8. The van der Waals surface area contributed by atoms with E-state index in [0.29, 0.717) is 0 Å². The number of hydrogen-bond acceptors (Lipinski definition) is 2. The molecule has 0 saturated carbocycles. The van der Waals surface area contributed by atoms with E-state index in [-0.39, 0.29) is 0 Å². The Labute approximate surface area is 107 Å². The van der Waals surface area contributed by atoms with Crippen LogP contribution in [0, 0.1) is 6.92 Å². The number of benzene rings is 1. The summed E-state index contributed by atoms with van der Waals surface area (Å²) in [5, 5.41) is 6.77. The number of halogens is 1. The maximum absolute atomic E-state index is 3.52. The van der Waals surface area contributed by atoms with Crippen molar-refractivity contribution in [3.63, 3.8) is 0 Å². The van der Waals surface area contributed by atoms with Crippen molar-refractivity contribution in [3.8, 4) is 0 Å². The van der Waals surface area contributed by atoms with Crippen LogP contribution in [0.1, 0.15) is 24.5 Å². The molecular weight excluding hydrogens is 264 g/mol. The highest BCUT2D eigenvalue weighted by Crippen LogP contribution is 2.14. The first-order valence-electron chi connectivity index (χ1n) is 5.90. The van der Waals surface area contributed by atoms with Crippen LogP contribution >= 0.6 is 15.9 Å². The highest BCUT2D eigenvalue weighted by Gasteiger charge is 1.96. The average Bonchev–Trinajstić information content (AvgIpc) is 2.22. The van der Waals surface area contributed by atoms with Crippen LogP contribution in [0.2, 0.25) is 0 Å². The molecule has 0 aromatic heterocycles. The third kappa shape index (κ3) is 5.64. The minimum Gasteiger partial charge on any atom is -0.317 e. The van der Waals surface area contributed by atoms with Gasteiger partial charge in [0.1, 0.15) is 0 Å². The van der Waals surface area contributed by atoms with Crippen LogP contribution in [-0.2, 0) is 6.54 Å². The van der Waals surface area contributed by atoms with Crippen molar-refractivity contribution in [3.05, 3.63) is 33.8 Å². The van der Waals surface area contributed by atoms with Gasteiger partial charge in [0.2, 0.25) is 0 Å². The summed E-state index contributed by atoms with van der Waals surface area (Å²) < 4.78 is 1.16. The topological polar surface area (TPSA) is 24.1 Å². The maximum atomic E-state index is 3.52. The second kappa shape index (κ2) is 7.82. The highest BCUT2D eigenvalue weighted by atomic mass is 79.9. The van der Waals surface area contributed by atoms with Gasteiger partial charge in [-0.3, -0.25) is 0 Å². The van der Waals surface area contributed by atoms with Gasteiger partial charge in [-0.2, -0.15) is 0 Å². The number of nitrogens with one attached hydrogen (secondary N) is 2. The Kier molecular flexibility index (Phi) is 6.69. The van der Waals surface area contributed by atoms with Gasteiger partial charge in [0, 0.05) is 11.0 Å². The van der Waals surface area contributed by atoms with Crippen molar-refractivity contribution < 1.29 is 0 Å². The van der Waals surface area contributed by atoms with Gasteiger partial charge in [0.15, 0.2) is 0 Å². The van der Waals surface area contributed by atoms with Gasteiger partial charge in [-0.05, 0) is 56.2 Å². The molecule has 0 saturated heterocycles. The monoisotopic (exact) mass is 284 g/mol. The van der Waals surface area contributed by atoms with Gasteiger partial charge in [-0.25, -0.2) is 0 Å². The molecule has 16 heavy (non-hydrogen) atoms. The quantitative estimate of drug-likeness (QED) is 0.753. The van der Waals surface area contributed by atoms with Gasteiger partial charge >= 0.3 is 0 Å². The molecule has 0 spiro atoms. The molecule has 1 aromatic carbocycles. The Hall–Kier alpha value is -0.380. The van der Waals surface area contributed by atoms with E-state index in [2.05, 4.69) is 58.6 Å². The molecule has 1 rings (SSSR count). The molecule has 90 valence electrons.